The summed E-state index contributed by atoms with van der Waals surface area (Å²) in [4.78, 5) is 12.5. The first-order valence-electron chi connectivity index (χ1n) is 8.94. The molecular weight excluding hydrogens is 320 g/mol. The van der Waals surface area contributed by atoms with Gasteiger partial charge in [0.1, 0.15) is 6.04 Å². The topological polar surface area (TPSA) is 45.7 Å². The molecule has 3 aromatic rings. The van der Waals surface area contributed by atoms with Gasteiger partial charge in [0.2, 0.25) is 0 Å². The van der Waals surface area contributed by atoms with E-state index in [1.54, 1.807) is 0 Å². The van der Waals surface area contributed by atoms with Crippen LogP contribution in [-0.2, 0) is 4.79 Å². The zero-order valence-corrected chi connectivity index (χ0v) is 15.3. The van der Waals surface area contributed by atoms with Gasteiger partial charge < -0.3 is 10.6 Å². The maximum atomic E-state index is 12.5. The molecule has 0 heterocycles. The molecule has 0 bridgehead atoms. The third-order valence-electron chi connectivity index (χ3n) is 4.74. The second-order valence-corrected chi connectivity index (χ2v) is 6.53. The van der Waals surface area contributed by atoms with Gasteiger partial charge in [0, 0.05) is 16.8 Å². The molecule has 3 rings (SSSR count). The third kappa shape index (κ3) is 4.38. The number of nitrogens with two attached hydrogens (primary N) is 1. The van der Waals surface area contributed by atoms with E-state index >= 15 is 0 Å². The van der Waals surface area contributed by atoms with Gasteiger partial charge in [0.05, 0.1) is 0 Å². The van der Waals surface area contributed by atoms with Gasteiger partial charge in [0.15, 0.2) is 6.54 Å². The van der Waals surface area contributed by atoms with Crippen LogP contribution in [0.5, 0.6) is 0 Å². The van der Waals surface area contributed by atoms with Crippen LogP contribution in [0.1, 0.15) is 28.3 Å². The van der Waals surface area contributed by atoms with Gasteiger partial charge in [-0.2, -0.15) is 0 Å². The van der Waals surface area contributed by atoms with Gasteiger partial charge in [0.25, 0.3) is 5.91 Å². The van der Waals surface area contributed by atoms with Crippen LogP contribution in [0.25, 0.3) is 0 Å². The van der Waals surface area contributed by atoms with Crippen molar-refractivity contribution in [2.24, 2.45) is 0 Å². The molecule has 1 amide bonds. The molecule has 26 heavy (non-hydrogen) atoms. The summed E-state index contributed by atoms with van der Waals surface area (Å²) in [5.41, 5.74) is 5.57. The summed E-state index contributed by atoms with van der Waals surface area (Å²) < 4.78 is 0. The lowest BCUT2D eigenvalue weighted by Crippen LogP contribution is -2.87. The molecule has 0 spiro atoms. The molecule has 0 aliphatic rings. The fourth-order valence-electron chi connectivity index (χ4n) is 3.10. The molecular formula is C23H25N2O+. The first-order valence-corrected chi connectivity index (χ1v) is 8.94. The summed E-state index contributed by atoms with van der Waals surface area (Å²) in [6, 6.07) is 26.7. The first-order chi connectivity index (χ1) is 12.6. The summed E-state index contributed by atoms with van der Waals surface area (Å²) in [5, 5.41) is 5.13. The number of quaternary nitrogens is 1. The third-order valence-corrected chi connectivity index (χ3v) is 4.74. The van der Waals surface area contributed by atoms with Crippen molar-refractivity contribution in [2.75, 3.05) is 11.9 Å². The molecule has 3 aromatic carbocycles. The standard InChI is InChI=1S/C23H24N2O/c1-17-10-9-15-21(18(17)2)25-22(26)16-24-23(19-11-5-3-6-12-19)20-13-7-4-8-14-20/h3-15,23-24H,16H2,1-2H3,(H,25,26)/p+1. The highest BCUT2D eigenvalue weighted by atomic mass is 16.1. The SMILES string of the molecule is Cc1cccc(NC(=O)C[NH2+]C(c2ccccc2)c2ccccc2)c1C. The van der Waals surface area contributed by atoms with Crippen molar-refractivity contribution in [3.05, 3.63) is 101 Å². The minimum atomic E-state index is 0.00978. The van der Waals surface area contributed by atoms with E-state index < -0.39 is 0 Å². The molecule has 0 unspecified atom stereocenters. The predicted molar refractivity (Wildman–Crippen MR) is 106 cm³/mol. The van der Waals surface area contributed by atoms with Crippen LogP contribution in [-0.4, -0.2) is 12.5 Å². The van der Waals surface area contributed by atoms with Crippen LogP contribution in [0.15, 0.2) is 78.9 Å². The molecule has 132 valence electrons. The van der Waals surface area contributed by atoms with Crippen LogP contribution in [0, 0.1) is 13.8 Å². The zero-order chi connectivity index (χ0) is 18.4. The fourth-order valence-corrected chi connectivity index (χ4v) is 3.10. The minimum absolute atomic E-state index is 0.00978. The minimum Gasteiger partial charge on any atom is -0.328 e. The van der Waals surface area contributed by atoms with Gasteiger partial charge >= 0.3 is 0 Å². The van der Waals surface area contributed by atoms with Crippen LogP contribution in [0.2, 0.25) is 0 Å². The van der Waals surface area contributed by atoms with E-state index in [4.69, 9.17) is 0 Å². The number of carbonyl (C=O) groups is 1. The van der Waals surface area contributed by atoms with Gasteiger partial charge in [-0.3, -0.25) is 4.79 Å². The number of anilines is 1. The average molecular weight is 345 g/mol. The molecule has 0 radical (unpaired) electrons. The molecule has 0 fully saturated rings. The van der Waals surface area contributed by atoms with E-state index in [0.29, 0.717) is 6.54 Å². The molecule has 3 N–H and O–H groups in total. The van der Waals surface area contributed by atoms with Crippen molar-refractivity contribution in [1.29, 1.82) is 0 Å². The number of amides is 1. The number of hydrogen-bond donors (Lipinski definition) is 2. The van der Waals surface area contributed by atoms with E-state index in [1.165, 1.54) is 16.7 Å². The Bertz CT molecular complexity index is 820. The fraction of sp³-hybridized carbons (Fsp3) is 0.174. The normalized spacial score (nSPS) is 10.7. The Balaban J connectivity index is 1.72. The second-order valence-electron chi connectivity index (χ2n) is 6.53. The molecule has 0 atom stereocenters. The number of benzene rings is 3. The average Bonchev–Trinajstić information content (AvgIpc) is 2.67. The quantitative estimate of drug-likeness (QED) is 0.704. The highest BCUT2D eigenvalue weighted by Crippen LogP contribution is 2.19. The van der Waals surface area contributed by atoms with E-state index in [-0.39, 0.29) is 11.9 Å². The Morgan fingerprint density at radius 2 is 1.42 bits per heavy atom. The van der Waals surface area contributed by atoms with Crippen LogP contribution in [0.4, 0.5) is 5.69 Å². The zero-order valence-electron chi connectivity index (χ0n) is 15.3. The molecule has 0 saturated heterocycles. The molecule has 0 aromatic heterocycles. The number of nitrogens with one attached hydrogen (secondary N) is 1. The van der Waals surface area contributed by atoms with Crippen molar-refractivity contribution in [2.45, 2.75) is 19.9 Å². The van der Waals surface area contributed by atoms with Crippen molar-refractivity contribution in [3.63, 3.8) is 0 Å². The lowest BCUT2D eigenvalue weighted by Gasteiger charge is -2.17. The first kappa shape index (κ1) is 17.9. The van der Waals surface area contributed by atoms with Crippen molar-refractivity contribution in [1.82, 2.24) is 0 Å². The van der Waals surface area contributed by atoms with E-state index in [2.05, 4.69) is 47.9 Å². The van der Waals surface area contributed by atoms with Crippen LogP contribution in [0.3, 0.4) is 0 Å². The van der Waals surface area contributed by atoms with Crippen LogP contribution >= 0.6 is 0 Å². The number of aryl methyl sites for hydroxylation is 1. The maximum absolute atomic E-state index is 12.5. The Morgan fingerprint density at radius 3 is 2.00 bits per heavy atom. The van der Waals surface area contributed by atoms with Gasteiger partial charge in [-0.1, -0.05) is 72.8 Å². The second kappa shape index (κ2) is 8.45. The highest BCUT2D eigenvalue weighted by Gasteiger charge is 2.18. The molecule has 0 saturated carbocycles. The van der Waals surface area contributed by atoms with Crippen molar-refractivity contribution >= 4 is 11.6 Å². The highest BCUT2D eigenvalue weighted by molar-refractivity contribution is 5.92. The summed E-state index contributed by atoms with van der Waals surface area (Å²) in [5.74, 6) is 0.00978. The van der Waals surface area contributed by atoms with E-state index in [0.717, 1.165) is 11.3 Å². The lowest BCUT2D eigenvalue weighted by molar-refractivity contribution is -0.676. The Morgan fingerprint density at radius 1 is 0.846 bits per heavy atom. The summed E-state index contributed by atoms with van der Waals surface area (Å²) in [6.07, 6.45) is 0. The number of rotatable bonds is 6. The van der Waals surface area contributed by atoms with Crippen LogP contribution < -0.4 is 10.6 Å². The summed E-state index contributed by atoms with van der Waals surface area (Å²) in [6.45, 7) is 4.45. The Kier molecular flexibility index (Phi) is 5.82. The maximum Gasteiger partial charge on any atom is 0.279 e. The molecule has 3 nitrogen and oxygen atoms in total. The largest absolute Gasteiger partial charge is 0.328 e. The Labute approximate surface area is 155 Å². The molecule has 3 heteroatoms. The predicted octanol–water partition coefficient (Wildman–Crippen LogP) is 3.59. The number of carbonyl (C=O) groups excluding carboxylic acids is 1. The van der Waals surface area contributed by atoms with Gasteiger partial charge in [-0.25, -0.2) is 0 Å². The lowest BCUT2D eigenvalue weighted by atomic mass is 9.99. The molecule has 0 aliphatic heterocycles. The Hall–Kier alpha value is -2.91. The summed E-state index contributed by atoms with van der Waals surface area (Å²) in [7, 11) is 0. The number of hydrogen-bond acceptors (Lipinski definition) is 1. The van der Waals surface area contributed by atoms with Crippen molar-refractivity contribution < 1.29 is 10.1 Å². The van der Waals surface area contributed by atoms with Crippen molar-refractivity contribution in [3.8, 4) is 0 Å². The van der Waals surface area contributed by atoms with E-state index in [1.807, 2.05) is 55.5 Å². The monoisotopic (exact) mass is 345 g/mol. The van der Waals surface area contributed by atoms with E-state index in [9.17, 15) is 4.79 Å². The molecule has 0 aliphatic carbocycles. The van der Waals surface area contributed by atoms with Gasteiger partial charge in [-0.15, -0.1) is 0 Å². The van der Waals surface area contributed by atoms with Gasteiger partial charge in [-0.05, 0) is 31.0 Å². The smallest absolute Gasteiger partial charge is 0.279 e. The summed E-state index contributed by atoms with van der Waals surface area (Å²) >= 11 is 0.